The lowest BCUT2D eigenvalue weighted by Gasteiger charge is -2.07. The molecule has 0 saturated heterocycles. The lowest BCUT2D eigenvalue weighted by Crippen LogP contribution is -2.34. The molecule has 27 heavy (non-hydrogen) atoms. The van der Waals surface area contributed by atoms with Crippen LogP contribution in [0.15, 0.2) is 48.7 Å². The molecule has 2 amide bonds. The molecule has 0 radical (unpaired) electrons. The summed E-state index contributed by atoms with van der Waals surface area (Å²) < 4.78 is 0. The van der Waals surface area contributed by atoms with Crippen molar-refractivity contribution in [2.75, 3.05) is 13.1 Å². The van der Waals surface area contributed by atoms with Crippen LogP contribution in [0.2, 0.25) is 0 Å². The van der Waals surface area contributed by atoms with E-state index in [2.05, 4.69) is 20.6 Å². The van der Waals surface area contributed by atoms with Crippen molar-refractivity contribution < 1.29 is 14.7 Å². The van der Waals surface area contributed by atoms with Crippen LogP contribution in [0.5, 0.6) is 5.75 Å². The number of phenols is 1. The van der Waals surface area contributed by atoms with E-state index < -0.39 is 0 Å². The number of carbonyl (C=O) groups is 2. The minimum atomic E-state index is -0.268. The summed E-state index contributed by atoms with van der Waals surface area (Å²) in [7, 11) is 0. The van der Waals surface area contributed by atoms with Gasteiger partial charge in [-0.05, 0) is 43.3 Å². The average molecular weight is 382 g/mol. The molecule has 7 nitrogen and oxygen atoms in total. The Bertz CT molecular complexity index is 939. The molecular weight excluding hydrogens is 364 g/mol. The molecule has 0 aliphatic heterocycles. The first kappa shape index (κ1) is 18.5. The molecule has 0 spiro atoms. The Labute approximate surface area is 160 Å². The van der Waals surface area contributed by atoms with Gasteiger partial charge in [-0.2, -0.15) is 0 Å². The Hall–Kier alpha value is -3.26. The number of pyridine rings is 1. The van der Waals surface area contributed by atoms with Crippen molar-refractivity contribution in [3.8, 4) is 16.5 Å². The molecule has 2 aromatic heterocycles. The van der Waals surface area contributed by atoms with Gasteiger partial charge in [-0.1, -0.05) is 6.07 Å². The monoisotopic (exact) mass is 382 g/mol. The third-order valence-electron chi connectivity index (χ3n) is 3.71. The maximum absolute atomic E-state index is 12.4. The summed E-state index contributed by atoms with van der Waals surface area (Å²) in [4.78, 5) is 33.5. The smallest absolute Gasteiger partial charge is 0.263 e. The summed E-state index contributed by atoms with van der Waals surface area (Å²) in [6.07, 6.45) is 1.68. The molecule has 0 unspecified atom stereocenters. The van der Waals surface area contributed by atoms with Crippen LogP contribution in [0.3, 0.4) is 0 Å². The highest BCUT2D eigenvalue weighted by molar-refractivity contribution is 7.17. The number of benzene rings is 1. The number of hydrogen-bond donors (Lipinski definition) is 3. The van der Waals surface area contributed by atoms with Crippen molar-refractivity contribution in [1.29, 1.82) is 0 Å². The van der Waals surface area contributed by atoms with Gasteiger partial charge in [0.05, 0.1) is 11.4 Å². The first-order valence-corrected chi connectivity index (χ1v) is 9.10. The standard InChI is InChI=1S/C19H18N4O3S/c1-12-16(27-19(23-12)15-4-2-3-9-20-15)18(26)22-11-10-21-17(25)13-5-7-14(24)8-6-13/h2-9,24H,10-11H2,1H3,(H,21,25)(H,22,26). The third-order valence-corrected chi connectivity index (χ3v) is 4.89. The van der Waals surface area contributed by atoms with Crippen LogP contribution < -0.4 is 10.6 Å². The molecule has 1 aromatic carbocycles. The molecule has 3 aromatic rings. The predicted octanol–water partition coefficient (Wildman–Crippen LogP) is 2.38. The summed E-state index contributed by atoms with van der Waals surface area (Å²) in [6.45, 7) is 2.36. The zero-order chi connectivity index (χ0) is 19.2. The van der Waals surface area contributed by atoms with Crippen molar-refractivity contribution >= 4 is 23.2 Å². The Balaban J connectivity index is 1.52. The lowest BCUT2D eigenvalue weighted by molar-refractivity contribution is 0.0929. The maximum Gasteiger partial charge on any atom is 0.263 e. The van der Waals surface area contributed by atoms with E-state index in [1.54, 1.807) is 13.1 Å². The van der Waals surface area contributed by atoms with E-state index in [0.717, 1.165) is 5.69 Å². The molecule has 2 heterocycles. The number of phenolic OH excluding ortho intramolecular Hbond substituents is 1. The minimum absolute atomic E-state index is 0.101. The van der Waals surface area contributed by atoms with Gasteiger partial charge in [0.2, 0.25) is 0 Å². The van der Waals surface area contributed by atoms with E-state index in [1.807, 2.05) is 18.2 Å². The van der Waals surface area contributed by atoms with Gasteiger partial charge in [0, 0.05) is 24.8 Å². The zero-order valence-electron chi connectivity index (χ0n) is 14.6. The molecule has 3 rings (SSSR count). The van der Waals surface area contributed by atoms with Gasteiger partial charge in [-0.3, -0.25) is 14.6 Å². The predicted molar refractivity (Wildman–Crippen MR) is 103 cm³/mol. The second kappa shape index (κ2) is 8.41. The highest BCUT2D eigenvalue weighted by Gasteiger charge is 2.16. The lowest BCUT2D eigenvalue weighted by atomic mass is 10.2. The number of rotatable bonds is 6. The van der Waals surface area contributed by atoms with E-state index in [9.17, 15) is 14.7 Å². The van der Waals surface area contributed by atoms with Crippen LogP contribution in [-0.4, -0.2) is 40.0 Å². The van der Waals surface area contributed by atoms with Crippen molar-refractivity contribution in [2.45, 2.75) is 6.92 Å². The van der Waals surface area contributed by atoms with Gasteiger partial charge >= 0.3 is 0 Å². The fourth-order valence-corrected chi connectivity index (χ4v) is 3.31. The van der Waals surface area contributed by atoms with Crippen LogP contribution >= 0.6 is 11.3 Å². The van der Waals surface area contributed by atoms with Crippen LogP contribution in [0, 0.1) is 6.92 Å². The zero-order valence-corrected chi connectivity index (χ0v) is 15.4. The van der Waals surface area contributed by atoms with Crippen molar-refractivity contribution in [1.82, 2.24) is 20.6 Å². The summed E-state index contributed by atoms with van der Waals surface area (Å²) in [5.41, 5.74) is 1.81. The summed E-state index contributed by atoms with van der Waals surface area (Å²) in [5, 5.41) is 15.4. The Kier molecular flexibility index (Phi) is 5.77. The van der Waals surface area contributed by atoms with E-state index >= 15 is 0 Å². The van der Waals surface area contributed by atoms with Crippen molar-refractivity contribution in [3.05, 3.63) is 64.8 Å². The van der Waals surface area contributed by atoms with Crippen molar-refractivity contribution in [2.24, 2.45) is 0 Å². The molecule has 0 atom stereocenters. The van der Waals surface area contributed by atoms with Crippen molar-refractivity contribution in [3.63, 3.8) is 0 Å². The Morgan fingerprint density at radius 3 is 2.41 bits per heavy atom. The fraction of sp³-hybridized carbons (Fsp3) is 0.158. The van der Waals surface area contributed by atoms with Gasteiger partial charge in [0.15, 0.2) is 0 Å². The SMILES string of the molecule is Cc1nc(-c2ccccn2)sc1C(=O)NCCNC(=O)c1ccc(O)cc1. The topological polar surface area (TPSA) is 104 Å². The molecular formula is C19H18N4O3S. The minimum Gasteiger partial charge on any atom is -0.508 e. The molecule has 3 N–H and O–H groups in total. The van der Waals surface area contributed by atoms with Crippen LogP contribution in [0.25, 0.3) is 10.7 Å². The van der Waals surface area contributed by atoms with Gasteiger partial charge in [0.1, 0.15) is 15.6 Å². The van der Waals surface area contributed by atoms with E-state index in [0.29, 0.717) is 27.7 Å². The second-order valence-electron chi connectivity index (χ2n) is 5.71. The van der Waals surface area contributed by atoms with Gasteiger partial charge in [-0.25, -0.2) is 4.98 Å². The Morgan fingerprint density at radius 1 is 1.04 bits per heavy atom. The van der Waals surface area contributed by atoms with Gasteiger partial charge < -0.3 is 15.7 Å². The number of thiazole rings is 1. The number of hydrogen-bond acceptors (Lipinski definition) is 6. The molecule has 0 saturated carbocycles. The highest BCUT2D eigenvalue weighted by Crippen LogP contribution is 2.26. The molecule has 0 bridgehead atoms. The van der Waals surface area contributed by atoms with Crippen LogP contribution in [-0.2, 0) is 0 Å². The molecule has 0 aliphatic rings. The van der Waals surface area contributed by atoms with E-state index in [4.69, 9.17) is 0 Å². The van der Waals surface area contributed by atoms with Crippen LogP contribution in [0.4, 0.5) is 0 Å². The second-order valence-corrected chi connectivity index (χ2v) is 6.71. The first-order valence-electron chi connectivity index (χ1n) is 8.29. The maximum atomic E-state index is 12.4. The summed E-state index contributed by atoms with van der Waals surface area (Å²) >= 11 is 1.29. The third kappa shape index (κ3) is 4.68. The molecule has 138 valence electrons. The first-order chi connectivity index (χ1) is 13.0. The molecule has 0 fully saturated rings. The molecule has 0 aliphatic carbocycles. The summed E-state index contributed by atoms with van der Waals surface area (Å²) in [6, 6.07) is 11.5. The highest BCUT2D eigenvalue weighted by atomic mass is 32.1. The fourth-order valence-electron chi connectivity index (χ4n) is 2.35. The van der Waals surface area contributed by atoms with Gasteiger partial charge in [-0.15, -0.1) is 11.3 Å². The van der Waals surface area contributed by atoms with E-state index in [-0.39, 0.29) is 24.1 Å². The number of carbonyl (C=O) groups excluding carboxylic acids is 2. The molecule has 8 heteroatoms. The quantitative estimate of drug-likeness (QED) is 0.568. The van der Waals surface area contributed by atoms with E-state index in [1.165, 1.54) is 35.6 Å². The Morgan fingerprint density at radius 2 is 1.74 bits per heavy atom. The summed E-state index contributed by atoms with van der Waals surface area (Å²) in [5.74, 6) is -0.398. The number of amides is 2. The number of nitrogens with one attached hydrogen (secondary N) is 2. The normalized spacial score (nSPS) is 10.4. The number of aryl methyl sites for hydroxylation is 1. The largest absolute Gasteiger partial charge is 0.508 e. The van der Waals surface area contributed by atoms with Crippen LogP contribution in [0.1, 0.15) is 25.7 Å². The number of aromatic hydroxyl groups is 1. The number of aromatic nitrogens is 2. The number of nitrogens with zero attached hydrogens (tertiary/aromatic N) is 2. The average Bonchev–Trinajstić information content (AvgIpc) is 3.08. The van der Waals surface area contributed by atoms with Gasteiger partial charge in [0.25, 0.3) is 11.8 Å².